The zero-order chi connectivity index (χ0) is 22.2. The largest absolute Gasteiger partial charge is 0.507 e. The summed E-state index contributed by atoms with van der Waals surface area (Å²) in [4.78, 5) is 30.7. The van der Waals surface area contributed by atoms with Crippen molar-refractivity contribution in [3.63, 3.8) is 0 Å². The van der Waals surface area contributed by atoms with E-state index in [2.05, 4.69) is 4.98 Å². The number of aromatic amines is 1. The van der Waals surface area contributed by atoms with Crippen LogP contribution in [0.1, 0.15) is 22.7 Å². The van der Waals surface area contributed by atoms with Gasteiger partial charge in [-0.2, -0.15) is 0 Å². The Hall–Kier alpha value is -4.19. The van der Waals surface area contributed by atoms with Crippen LogP contribution < -0.4 is 0 Å². The number of carbonyl (C=O) groups excluding carboxylic acids is 2. The summed E-state index contributed by atoms with van der Waals surface area (Å²) in [7, 11) is 0. The Morgan fingerprint density at radius 1 is 0.938 bits per heavy atom. The number of fused-ring (bicyclic) bond motifs is 1. The van der Waals surface area contributed by atoms with Crippen molar-refractivity contribution in [2.75, 3.05) is 0 Å². The molecule has 5 nitrogen and oxygen atoms in total. The molecule has 2 N–H and O–H groups in total. The molecule has 1 aliphatic heterocycles. The van der Waals surface area contributed by atoms with Crippen LogP contribution in [0.4, 0.5) is 4.39 Å². The van der Waals surface area contributed by atoms with Crippen LogP contribution in [-0.2, 0) is 16.1 Å². The highest BCUT2D eigenvalue weighted by molar-refractivity contribution is 6.46. The molecule has 1 unspecified atom stereocenters. The number of H-pyrrole nitrogens is 1. The lowest BCUT2D eigenvalue weighted by Gasteiger charge is -2.25. The maximum Gasteiger partial charge on any atom is 0.295 e. The third-order valence-corrected chi connectivity index (χ3v) is 5.77. The zero-order valence-electron chi connectivity index (χ0n) is 17.0. The number of rotatable bonds is 4. The number of aliphatic hydroxyl groups is 1. The monoisotopic (exact) mass is 426 g/mol. The van der Waals surface area contributed by atoms with Gasteiger partial charge in [-0.15, -0.1) is 0 Å². The van der Waals surface area contributed by atoms with E-state index in [1.165, 1.54) is 17.0 Å². The normalized spacial score (nSPS) is 17.9. The van der Waals surface area contributed by atoms with Crippen LogP contribution in [0.5, 0.6) is 0 Å². The molecule has 2 heterocycles. The molecule has 1 atom stereocenters. The summed E-state index contributed by atoms with van der Waals surface area (Å²) >= 11 is 0. The zero-order valence-corrected chi connectivity index (χ0v) is 17.0. The summed E-state index contributed by atoms with van der Waals surface area (Å²) < 4.78 is 13.4. The lowest BCUT2D eigenvalue weighted by Crippen LogP contribution is -2.29. The Balaban J connectivity index is 1.67. The molecule has 5 rings (SSSR count). The summed E-state index contributed by atoms with van der Waals surface area (Å²) in [6, 6.07) is 21.6. The first kappa shape index (κ1) is 19.8. The van der Waals surface area contributed by atoms with Crippen molar-refractivity contribution in [2.45, 2.75) is 12.6 Å². The predicted molar refractivity (Wildman–Crippen MR) is 119 cm³/mol. The molecule has 1 amide bonds. The van der Waals surface area contributed by atoms with Gasteiger partial charge < -0.3 is 15.0 Å². The van der Waals surface area contributed by atoms with E-state index >= 15 is 0 Å². The van der Waals surface area contributed by atoms with Crippen molar-refractivity contribution in [1.29, 1.82) is 0 Å². The fourth-order valence-corrected chi connectivity index (χ4v) is 4.22. The van der Waals surface area contributed by atoms with Crippen LogP contribution in [0.25, 0.3) is 16.7 Å². The minimum atomic E-state index is -0.769. The Bertz CT molecular complexity index is 1360. The summed E-state index contributed by atoms with van der Waals surface area (Å²) in [5.41, 5.74) is 2.69. The number of aromatic nitrogens is 1. The minimum absolute atomic E-state index is 0.0352. The molecule has 0 radical (unpaired) electrons. The van der Waals surface area contributed by atoms with E-state index in [4.69, 9.17) is 0 Å². The Labute approximate surface area is 183 Å². The highest BCUT2D eigenvalue weighted by Gasteiger charge is 2.46. The highest BCUT2D eigenvalue weighted by atomic mass is 19.1. The van der Waals surface area contributed by atoms with Crippen LogP contribution in [0, 0.1) is 5.82 Å². The van der Waals surface area contributed by atoms with Gasteiger partial charge in [0.15, 0.2) is 0 Å². The molecule has 0 bridgehead atoms. The first-order valence-electron chi connectivity index (χ1n) is 10.2. The molecule has 1 aromatic heterocycles. The second kappa shape index (κ2) is 7.81. The first-order chi connectivity index (χ1) is 15.5. The molecule has 0 spiro atoms. The molecule has 1 fully saturated rings. The minimum Gasteiger partial charge on any atom is -0.507 e. The predicted octanol–water partition coefficient (Wildman–Crippen LogP) is 4.93. The maximum atomic E-state index is 13.4. The summed E-state index contributed by atoms with van der Waals surface area (Å²) in [6.07, 6.45) is 1.63. The number of carbonyl (C=O) groups is 2. The van der Waals surface area contributed by atoms with Crippen LogP contribution >= 0.6 is 0 Å². The third kappa shape index (κ3) is 3.26. The first-order valence-corrected chi connectivity index (χ1v) is 10.2. The quantitative estimate of drug-likeness (QED) is 0.276. The average molecular weight is 426 g/mol. The standard InChI is InChI=1S/C26H19FN2O3/c27-18-12-10-16(11-13-18)15-29-23(17-6-2-1-3-7-17)22(25(31)26(29)32)24(30)20-14-28-21-9-5-4-8-19(20)21/h1-14,23,28,30H,15H2/b24-22-. The molecule has 32 heavy (non-hydrogen) atoms. The molecule has 4 aromatic rings. The van der Waals surface area contributed by atoms with Gasteiger partial charge in [0.05, 0.1) is 11.6 Å². The van der Waals surface area contributed by atoms with Gasteiger partial charge in [0.2, 0.25) is 0 Å². The average Bonchev–Trinajstić information content (AvgIpc) is 3.35. The SMILES string of the molecule is O=C1C(=O)N(Cc2ccc(F)cc2)C(c2ccccc2)/C1=C(/O)c1c[nH]c2ccccc12. The van der Waals surface area contributed by atoms with Gasteiger partial charge in [0.25, 0.3) is 11.7 Å². The van der Waals surface area contributed by atoms with Gasteiger partial charge in [-0.1, -0.05) is 60.7 Å². The number of benzene rings is 3. The number of ketones is 1. The Morgan fingerprint density at radius 2 is 1.62 bits per heavy atom. The number of para-hydroxylation sites is 1. The molecule has 3 aromatic carbocycles. The summed E-state index contributed by atoms with van der Waals surface area (Å²) in [6.45, 7) is 0.106. The number of hydrogen-bond acceptors (Lipinski definition) is 3. The second-order valence-corrected chi connectivity index (χ2v) is 7.71. The topological polar surface area (TPSA) is 73.4 Å². The number of hydrogen-bond donors (Lipinski definition) is 2. The van der Waals surface area contributed by atoms with Crippen molar-refractivity contribution in [1.82, 2.24) is 9.88 Å². The highest BCUT2D eigenvalue weighted by Crippen LogP contribution is 2.41. The summed E-state index contributed by atoms with van der Waals surface area (Å²) in [5.74, 6) is -2.06. The lowest BCUT2D eigenvalue weighted by atomic mass is 9.95. The van der Waals surface area contributed by atoms with Gasteiger partial charge in [0.1, 0.15) is 11.6 Å². The van der Waals surface area contributed by atoms with E-state index in [-0.39, 0.29) is 23.7 Å². The van der Waals surface area contributed by atoms with E-state index in [0.717, 1.165) is 10.9 Å². The molecule has 0 aliphatic carbocycles. The fraction of sp³-hybridized carbons (Fsp3) is 0.0769. The summed E-state index contributed by atoms with van der Waals surface area (Å²) in [5, 5.41) is 12.0. The van der Waals surface area contributed by atoms with Gasteiger partial charge >= 0.3 is 0 Å². The van der Waals surface area contributed by atoms with Crippen molar-refractivity contribution >= 4 is 28.4 Å². The van der Waals surface area contributed by atoms with Crippen molar-refractivity contribution in [2.24, 2.45) is 0 Å². The molecule has 158 valence electrons. The molecule has 1 aliphatic rings. The Morgan fingerprint density at radius 3 is 2.38 bits per heavy atom. The fourth-order valence-electron chi connectivity index (χ4n) is 4.22. The number of amides is 1. The van der Waals surface area contributed by atoms with Gasteiger partial charge in [-0.05, 0) is 29.3 Å². The van der Waals surface area contributed by atoms with Gasteiger partial charge in [-0.25, -0.2) is 4.39 Å². The number of Topliss-reactive ketones (excluding diaryl/α,β-unsaturated/α-hetero) is 1. The smallest absolute Gasteiger partial charge is 0.295 e. The number of likely N-dealkylation sites (tertiary alicyclic amines) is 1. The molecule has 1 saturated heterocycles. The van der Waals surface area contributed by atoms with E-state index < -0.39 is 17.7 Å². The lowest BCUT2D eigenvalue weighted by molar-refractivity contribution is -0.140. The molecular formula is C26H19FN2O3. The van der Waals surface area contributed by atoms with Crippen molar-refractivity contribution in [3.8, 4) is 0 Å². The van der Waals surface area contributed by atoms with Crippen LogP contribution in [0.3, 0.4) is 0 Å². The molecular weight excluding hydrogens is 407 g/mol. The molecule has 0 saturated carbocycles. The van der Waals surface area contributed by atoms with E-state index in [0.29, 0.717) is 16.7 Å². The van der Waals surface area contributed by atoms with E-state index in [9.17, 15) is 19.1 Å². The van der Waals surface area contributed by atoms with Gasteiger partial charge in [-0.3, -0.25) is 9.59 Å². The number of halogens is 1. The molecule has 6 heteroatoms. The number of aliphatic hydroxyl groups excluding tert-OH is 1. The van der Waals surface area contributed by atoms with Crippen molar-refractivity contribution < 1.29 is 19.1 Å². The Kier molecular flexibility index (Phi) is 4.82. The van der Waals surface area contributed by atoms with Crippen molar-refractivity contribution in [3.05, 3.63) is 113 Å². The van der Waals surface area contributed by atoms with Crippen LogP contribution in [-0.4, -0.2) is 26.7 Å². The number of nitrogens with zero attached hydrogens (tertiary/aromatic N) is 1. The van der Waals surface area contributed by atoms with Crippen LogP contribution in [0.15, 0.2) is 90.6 Å². The van der Waals surface area contributed by atoms with Gasteiger partial charge in [0, 0.05) is 29.2 Å². The second-order valence-electron chi connectivity index (χ2n) is 7.71. The maximum absolute atomic E-state index is 13.4. The third-order valence-electron chi connectivity index (χ3n) is 5.77. The van der Waals surface area contributed by atoms with E-state index in [1.807, 2.05) is 54.6 Å². The van der Waals surface area contributed by atoms with E-state index in [1.54, 1.807) is 18.3 Å². The van der Waals surface area contributed by atoms with Crippen LogP contribution in [0.2, 0.25) is 0 Å². The number of nitrogens with one attached hydrogen (secondary N) is 1.